The number of sulfonamides is 1. The number of hydrogen-bond acceptors (Lipinski definition) is 3. The van der Waals surface area contributed by atoms with Gasteiger partial charge in [0.1, 0.15) is 6.54 Å². The predicted molar refractivity (Wildman–Crippen MR) is 127 cm³/mol. The average molecular weight is 477 g/mol. The van der Waals surface area contributed by atoms with Gasteiger partial charge in [-0.3, -0.25) is 9.10 Å². The fourth-order valence-electron chi connectivity index (χ4n) is 2.95. The summed E-state index contributed by atoms with van der Waals surface area (Å²) in [6.45, 7) is 5.27. The number of nitrogens with one attached hydrogen (secondary N) is 1. The van der Waals surface area contributed by atoms with Crippen LogP contribution in [0.5, 0.6) is 0 Å². The second-order valence-electron chi connectivity index (χ2n) is 7.24. The lowest BCUT2D eigenvalue weighted by atomic mass is 10.1. The molecule has 5 nitrogen and oxygen atoms in total. The minimum Gasteiger partial charge on any atom is -0.323 e. The van der Waals surface area contributed by atoms with E-state index in [1.165, 1.54) is 12.1 Å². The van der Waals surface area contributed by atoms with Crippen molar-refractivity contribution in [3.05, 3.63) is 87.4 Å². The highest BCUT2D eigenvalue weighted by Gasteiger charge is 2.27. The molecule has 0 saturated heterocycles. The van der Waals surface area contributed by atoms with Gasteiger partial charge in [-0.25, -0.2) is 8.42 Å². The number of rotatable bonds is 6. The van der Waals surface area contributed by atoms with Gasteiger partial charge in [-0.15, -0.1) is 0 Å². The molecule has 8 heteroatoms. The van der Waals surface area contributed by atoms with Crippen LogP contribution in [0.2, 0.25) is 10.0 Å². The van der Waals surface area contributed by atoms with Crippen molar-refractivity contribution in [1.29, 1.82) is 0 Å². The van der Waals surface area contributed by atoms with Crippen molar-refractivity contribution in [1.82, 2.24) is 0 Å². The number of hydrogen-bond donors (Lipinski definition) is 1. The van der Waals surface area contributed by atoms with Crippen LogP contribution >= 0.6 is 23.2 Å². The van der Waals surface area contributed by atoms with E-state index in [2.05, 4.69) is 5.32 Å². The molecule has 0 fully saturated rings. The Balaban J connectivity index is 1.99. The van der Waals surface area contributed by atoms with Crippen LogP contribution < -0.4 is 9.62 Å². The van der Waals surface area contributed by atoms with Gasteiger partial charge in [0.2, 0.25) is 5.91 Å². The first-order valence-electron chi connectivity index (χ1n) is 9.50. The molecule has 3 rings (SSSR count). The minimum atomic E-state index is -3.99. The Labute approximate surface area is 192 Å². The summed E-state index contributed by atoms with van der Waals surface area (Å²) in [6.07, 6.45) is 0. The summed E-state index contributed by atoms with van der Waals surface area (Å²) < 4.78 is 28.0. The van der Waals surface area contributed by atoms with Gasteiger partial charge >= 0.3 is 0 Å². The number of anilines is 2. The summed E-state index contributed by atoms with van der Waals surface area (Å²) in [7, 11) is -3.99. The maximum absolute atomic E-state index is 13.4. The number of aryl methyl sites for hydroxylation is 3. The summed E-state index contributed by atoms with van der Waals surface area (Å²) in [5, 5.41) is 3.13. The Morgan fingerprint density at radius 3 is 2.26 bits per heavy atom. The zero-order valence-corrected chi connectivity index (χ0v) is 19.6. The lowest BCUT2D eigenvalue weighted by Crippen LogP contribution is -2.38. The van der Waals surface area contributed by atoms with E-state index in [1.807, 2.05) is 26.8 Å². The van der Waals surface area contributed by atoms with Crippen molar-refractivity contribution in [3.8, 4) is 0 Å². The largest absolute Gasteiger partial charge is 0.323 e. The van der Waals surface area contributed by atoms with Gasteiger partial charge in [0, 0.05) is 0 Å². The van der Waals surface area contributed by atoms with Crippen LogP contribution in [-0.2, 0) is 14.8 Å². The van der Waals surface area contributed by atoms with Gasteiger partial charge in [0.15, 0.2) is 0 Å². The Bertz CT molecular complexity index is 1230. The monoisotopic (exact) mass is 476 g/mol. The molecule has 0 aliphatic rings. The Morgan fingerprint density at radius 1 is 0.935 bits per heavy atom. The maximum Gasteiger partial charge on any atom is 0.264 e. The third kappa shape index (κ3) is 5.21. The molecule has 0 aliphatic carbocycles. The zero-order valence-electron chi connectivity index (χ0n) is 17.3. The molecule has 0 unspecified atom stereocenters. The SMILES string of the molecule is Cc1ccc(S(=O)(=O)N(CC(=O)Nc2cccc(Cl)c2Cl)c2ccc(C)c(C)c2)cc1. The van der Waals surface area contributed by atoms with Gasteiger partial charge in [-0.1, -0.05) is 53.0 Å². The first-order chi connectivity index (χ1) is 14.6. The Hall–Kier alpha value is -2.54. The van der Waals surface area contributed by atoms with Crippen LogP contribution in [0, 0.1) is 20.8 Å². The molecule has 31 heavy (non-hydrogen) atoms. The number of carbonyl (C=O) groups excluding carboxylic acids is 1. The first-order valence-corrected chi connectivity index (χ1v) is 11.7. The molecule has 0 bridgehead atoms. The van der Waals surface area contributed by atoms with E-state index in [1.54, 1.807) is 42.5 Å². The van der Waals surface area contributed by atoms with Crippen molar-refractivity contribution in [3.63, 3.8) is 0 Å². The molecule has 0 spiro atoms. The highest BCUT2D eigenvalue weighted by Crippen LogP contribution is 2.30. The summed E-state index contributed by atoms with van der Waals surface area (Å²) in [6, 6.07) is 16.6. The van der Waals surface area contributed by atoms with Gasteiger partial charge in [-0.2, -0.15) is 0 Å². The van der Waals surface area contributed by atoms with Gasteiger partial charge in [0.25, 0.3) is 10.0 Å². The molecule has 0 atom stereocenters. The van der Waals surface area contributed by atoms with Crippen LogP contribution in [-0.4, -0.2) is 20.9 Å². The molecule has 3 aromatic rings. The van der Waals surface area contributed by atoms with Crippen LogP contribution in [0.15, 0.2) is 65.6 Å². The maximum atomic E-state index is 13.4. The molecular weight excluding hydrogens is 455 g/mol. The van der Waals surface area contributed by atoms with E-state index < -0.39 is 22.5 Å². The second kappa shape index (κ2) is 9.30. The quantitative estimate of drug-likeness (QED) is 0.492. The fraction of sp³-hybridized carbons (Fsp3) is 0.174. The van der Waals surface area contributed by atoms with Crippen LogP contribution in [0.25, 0.3) is 0 Å². The van der Waals surface area contributed by atoms with Crippen molar-refractivity contribution in [2.45, 2.75) is 25.7 Å². The number of halogens is 2. The second-order valence-corrected chi connectivity index (χ2v) is 9.89. The summed E-state index contributed by atoms with van der Waals surface area (Å²) in [4.78, 5) is 12.9. The average Bonchev–Trinajstić information content (AvgIpc) is 2.72. The van der Waals surface area contributed by atoms with E-state index >= 15 is 0 Å². The van der Waals surface area contributed by atoms with Crippen LogP contribution in [0.4, 0.5) is 11.4 Å². The molecule has 0 radical (unpaired) electrons. The number of amides is 1. The number of nitrogens with zero attached hydrogens (tertiary/aromatic N) is 1. The minimum absolute atomic E-state index is 0.102. The van der Waals surface area contributed by atoms with Crippen molar-refractivity contribution in [2.75, 3.05) is 16.2 Å². The van der Waals surface area contributed by atoms with E-state index in [-0.39, 0.29) is 14.9 Å². The molecule has 0 aliphatic heterocycles. The molecule has 0 saturated carbocycles. The molecular formula is C23H22Cl2N2O3S. The third-order valence-corrected chi connectivity index (χ3v) is 7.51. The highest BCUT2D eigenvalue weighted by atomic mass is 35.5. The third-order valence-electron chi connectivity index (χ3n) is 4.90. The van der Waals surface area contributed by atoms with Gasteiger partial charge < -0.3 is 5.32 Å². The van der Waals surface area contributed by atoms with Gasteiger partial charge in [0.05, 0.1) is 26.3 Å². The lowest BCUT2D eigenvalue weighted by molar-refractivity contribution is -0.114. The van der Waals surface area contributed by atoms with Crippen LogP contribution in [0.3, 0.4) is 0 Å². The van der Waals surface area contributed by atoms with Crippen molar-refractivity contribution < 1.29 is 13.2 Å². The standard InChI is InChI=1S/C23H22Cl2N2O3S/c1-15-7-11-19(12-8-15)31(29,30)27(18-10-9-16(2)17(3)13-18)14-22(28)26-21-6-4-5-20(24)23(21)25/h4-13H,14H2,1-3H3,(H,26,28). The predicted octanol–water partition coefficient (Wildman–Crippen LogP) is 5.75. The fourth-order valence-corrected chi connectivity index (χ4v) is 4.71. The summed E-state index contributed by atoms with van der Waals surface area (Å²) >= 11 is 12.2. The molecule has 0 aromatic heterocycles. The van der Waals surface area contributed by atoms with Crippen molar-refractivity contribution in [2.24, 2.45) is 0 Å². The smallest absolute Gasteiger partial charge is 0.264 e. The molecule has 1 amide bonds. The molecule has 1 N–H and O–H groups in total. The topological polar surface area (TPSA) is 66.5 Å². The van der Waals surface area contributed by atoms with E-state index in [9.17, 15) is 13.2 Å². The van der Waals surface area contributed by atoms with E-state index in [0.29, 0.717) is 11.4 Å². The van der Waals surface area contributed by atoms with Crippen LogP contribution in [0.1, 0.15) is 16.7 Å². The lowest BCUT2D eigenvalue weighted by Gasteiger charge is -2.25. The van der Waals surface area contributed by atoms with Crippen molar-refractivity contribution >= 4 is 50.5 Å². The number of carbonyl (C=O) groups is 1. The Kier molecular flexibility index (Phi) is 6.94. The summed E-state index contributed by atoms with van der Waals surface area (Å²) in [5.41, 5.74) is 3.58. The first kappa shape index (κ1) is 23.1. The number of benzene rings is 3. The van der Waals surface area contributed by atoms with Gasteiger partial charge in [-0.05, 0) is 68.3 Å². The molecule has 162 valence electrons. The Morgan fingerprint density at radius 2 is 1.61 bits per heavy atom. The normalized spacial score (nSPS) is 11.3. The highest BCUT2D eigenvalue weighted by molar-refractivity contribution is 7.92. The molecule has 3 aromatic carbocycles. The van der Waals surface area contributed by atoms with E-state index in [0.717, 1.165) is 21.0 Å². The summed E-state index contributed by atoms with van der Waals surface area (Å²) in [5.74, 6) is -0.543. The van der Waals surface area contributed by atoms with E-state index in [4.69, 9.17) is 23.2 Å². The molecule has 0 heterocycles. The zero-order chi connectivity index (χ0) is 22.8.